The minimum atomic E-state index is -3.69. The molecule has 0 radical (unpaired) electrons. The van der Waals surface area contributed by atoms with Gasteiger partial charge >= 0.3 is 0 Å². The lowest BCUT2D eigenvalue weighted by molar-refractivity contribution is 0.472. The van der Waals surface area contributed by atoms with E-state index in [9.17, 15) is 8.42 Å². The van der Waals surface area contributed by atoms with Gasteiger partial charge in [0.2, 0.25) is 0 Å². The Morgan fingerprint density at radius 2 is 1.93 bits per heavy atom. The Hall–Kier alpha value is -0.550. The zero-order chi connectivity index (χ0) is 11.8. The Kier molecular flexibility index (Phi) is 3.45. The highest BCUT2D eigenvalue weighted by molar-refractivity contribution is 8.13. The van der Waals surface area contributed by atoms with E-state index in [-0.39, 0.29) is 4.90 Å². The van der Waals surface area contributed by atoms with E-state index in [1.807, 2.05) is 13.8 Å². The summed E-state index contributed by atoms with van der Waals surface area (Å²) in [6.07, 6.45) is 0. The molecule has 1 aromatic heterocycles. The second-order valence-corrected chi connectivity index (χ2v) is 6.52. The number of aryl methyl sites for hydroxylation is 1. The zero-order valence-electron chi connectivity index (χ0n) is 9.28. The van der Waals surface area contributed by atoms with Crippen molar-refractivity contribution in [1.29, 1.82) is 0 Å². The van der Waals surface area contributed by atoms with Crippen LogP contribution in [-0.4, -0.2) is 18.2 Å². The number of rotatable bonds is 3. The van der Waals surface area contributed by atoms with Crippen molar-refractivity contribution >= 4 is 19.7 Å². The van der Waals surface area contributed by atoms with E-state index in [2.05, 4.69) is 5.10 Å². The molecule has 1 heterocycles. The Balaban J connectivity index is 3.27. The molecule has 0 atom stereocenters. The van der Waals surface area contributed by atoms with Gasteiger partial charge in [-0.25, -0.2) is 8.42 Å². The molecule has 6 heteroatoms. The van der Waals surface area contributed by atoms with Crippen molar-refractivity contribution in [3.05, 3.63) is 11.4 Å². The largest absolute Gasteiger partial charge is 0.268 e. The molecule has 1 aromatic rings. The summed E-state index contributed by atoms with van der Waals surface area (Å²) in [7, 11) is 1.65. The van der Waals surface area contributed by atoms with Crippen molar-refractivity contribution in [2.45, 2.75) is 39.1 Å². The average Bonchev–Trinajstić information content (AvgIpc) is 2.23. The molecule has 0 fully saturated rings. The van der Waals surface area contributed by atoms with Crippen LogP contribution < -0.4 is 0 Å². The zero-order valence-corrected chi connectivity index (χ0v) is 10.9. The highest BCUT2D eigenvalue weighted by Gasteiger charge is 2.22. The van der Waals surface area contributed by atoms with Gasteiger partial charge in [0.15, 0.2) is 0 Å². The lowest BCUT2D eigenvalue weighted by Crippen LogP contribution is -2.08. The molecule has 0 amide bonds. The summed E-state index contributed by atoms with van der Waals surface area (Å²) in [5.74, 6) is 0.411. The van der Waals surface area contributed by atoms with Crippen molar-refractivity contribution in [3.63, 3.8) is 0 Å². The first kappa shape index (κ1) is 12.5. The van der Waals surface area contributed by atoms with Crippen LogP contribution in [0.25, 0.3) is 0 Å². The molecule has 0 aliphatic heterocycles. The smallest absolute Gasteiger partial charge is 0.264 e. The number of halogens is 1. The van der Waals surface area contributed by atoms with Gasteiger partial charge < -0.3 is 0 Å². The maximum atomic E-state index is 11.3. The second kappa shape index (κ2) is 4.14. The van der Waals surface area contributed by atoms with E-state index in [0.717, 1.165) is 0 Å². The van der Waals surface area contributed by atoms with Gasteiger partial charge in [-0.05, 0) is 19.8 Å². The maximum absolute atomic E-state index is 11.3. The standard InChI is InChI=1S/C9H15ClN2O2S/c1-6(2)5-12-8(4)9(7(3)11-12)15(10,13)14/h6H,5H2,1-4H3. The molecule has 4 nitrogen and oxygen atoms in total. The first-order chi connectivity index (χ1) is 6.73. The Bertz CT molecular complexity index is 463. The third-order valence-corrected chi connectivity index (χ3v) is 3.64. The number of nitrogens with zero attached hydrogens (tertiary/aromatic N) is 2. The van der Waals surface area contributed by atoms with E-state index in [1.54, 1.807) is 18.5 Å². The van der Waals surface area contributed by atoms with Crippen LogP contribution in [0.5, 0.6) is 0 Å². The van der Waals surface area contributed by atoms with Crippen LogP contribution >= 0.6 is 10.7 Å². The van der Waals surface area contributed by atoms with Gasteiger partial charge in [0.25, 0.3) is 9.05 Å². The third-order valence-electron chi connectivity index (χ3n) is 2.10. The van der Waals surface area contributed by atoms with Crippen molar-refractivity contribution in [2.75, 3.05) is 0 Å². The molecule has 1 rings (SSSR count). The van der Waals surface area contributed by atoms with Crippen LogP contribution in [0.4, 0.5) is 0 Å². The van der Waals surface area contributed by atoms with Crippen LogP contribution in [0.2, 0.25) is 0 Å². The molecule has 0 saturated heterocycles. The predicted octanol–water partition coefficient (Wildman–Crippen LogP) is 2.08. The number of hydrogen-bond donors (Lipinski definition) is 0. The summed E-state index contributed by atoms with van der Waals surface area (Å²) in [5, 5.41) is 4.17. The molecule has 15 heavy (non-hydrogen) atoms. The summed E-state index contributed by atoms with van der Waals surface area (Å²) >= 11 is 0. The van der Waals surface area contributed by atoms with E-state index < -0.39 is 9.05 Å². The fourth-order valence-electron chi connectivity index (χ4n) is 1.56. The lowest BCUT2D eigenvalue weighted by atomic mass is 10.2. The van der Waals surface area contributed by atoms with Crippen LogP contribution in [0.3, 0.4) is 0 Å². The quantitative estimate of drug-likeness (QED) is 0.772. The maximum Gasteiger partial charge on any atom is 0.264 e. The van der Waals surface area contributed by atoms with Gasteiger partial charge in [0, 0.05) is 17.2 Å². The Morgan fingerprint density at radius 3 is 2.27 bits per heavy atom. The van der Waals surface area contributed by atoms with Crippen LogP contribution in [0.1, 0.15) is 25.2 Å². The van der Waals surface area contributed by atoms with Crippen molar-refractivity contribution in [1.82, 2.24) is 9.78 Å². The monoisotopic (exact) mass is 250 g/mol. The molecule has 0 aliphatic carbocycles. The molecule has 0 spiro atoms. The second-order valence-electron chi connectivity index (χ2n) is 4.01. The van der Waals surface area contributed by atoms with E-state index in [1.165, 1.54) is 0 Å². The highest BCUT2D eigenvalue weighted by atomic mass is 35.7. The summed E-state index contributed by atoms with van der Waals surface area (Å²) in [4.78, 5) is 0.143. The molecule has 0 aromatic carbocycles. The molecule has 0 aliphatic rings. The first-order valence-electron chi connectivity index (χ1n) is 4.72. The van der Waals surface area contributed by atoms with Crippen molar-refractivity contribution in [2.24, 2.45) is 5.92 Å². The minimum absolute atomic E-state index is 0.143. The van der Waals surface area contributed by atoms with Crippen LogP contribution in [0.15, 0.2) is 4.90 Å². The van der Waals surface area contributed by atoms with Gasteiger partial charge in [-0.3, -0.25) is 4.68 Å². The summed E-state index contributed by atoms with van der Waals surface area (Å²) in [5.41, 5.74) is 1.07. The first-order valence-corrected chi connectivity index (χ1v) is 7.03. The summed E-state index contributed by atoms with van der Waals surface area (Å²) < 4.78 is 24.3. The molecule has 0 unspecified atom stereocenters. The predicted molar refractivity (Wildman–Crippen MR) is 59.6 cm³/mol. The Labute approximate surface area is 94.7 Å². The fraction of sp³-hybridized carbons (Fsp3) is 0.667. The molecule has 0 N–H and O–H groups in total. The molecule has 0 bridgehead atoms. The van der Waals surface area contributed by atoms with Gasteiger partial charge in [0.05, 0.1) is 11.4 Å². The molecular formula is C9H15ClN2O2S. The summed E-state index contributed by atoms with van der Waals surface area (Å²) in [6, 6.07) is 0. The normalized spacial score (nSPS) is 12.4. The van der Waals surface area contributed by atoms with Gasteiger partial charge in [-0.2, -0.15) is 5.10 Å². The highest BCUT2D eigenvalue weighted by Crippen LogP contribution is 2.23. The Morgan fingerprint density at radius 1 is 1.40 bits per heavy atom. The van der Waals surface area contributed by atoms with Crippen LogP contribution in [0, 0.1) is 19.8 Å². The number of aromatic nitrogens is 2. The number of hydrogen-bond acceptors (Lipinski definition) is 3. The van der Waals surface area contributed by atoms with E-state index in [4.69, 9.17) is 10.7 Å². The molecule has 0 saturated carbocycles. The van der Waals surface area contributed by atoms with E-state index >= 15 is 0 Å². The SMILES string of the molecule is Cc1nn(CC(C)C)c(C)c1S(=O)(=O)Cl. The molecule has 86 valence electrons. The average molecular weight is 251 g/mol. The fourth-order valence-corrected chi connectivity index (χ4v) is 3.08. The molecular weight excluding hydrogens is 236 g/mol. The van der Waals surface area contributed by atoms with Gasteiger partial charge in [-0.15, -0.1) is 0 Å². The lowest BCUT2D eigenvalue weighted by Gasteiger charge is -2.06. The van der Waals surface area contributed by atoms with Gasteiger partial charge in [-0.1, -0.05) is 13.8 Å². The van der Waals surface area contributed by atoms with Gasteiger partial charge in [0.1, 0.15) is 4.90 Å². The topological polar surface area (TPSA) is 52.0 Å². The van der Waals surface area contributed by atoms with Crippen LogP contribution in [-0.2, 0) is 15.6 Å². The minimum Gasteiger partial charge on any atom is -0.268 e. The third kappa shape index (κ3) is 2.72. The van der Waals surface area contributed by atoms with Crippen molar-refractivity contribution in [3.8, 4) is 0 Å². The summed E-state index contributed by atoms with van der Waals surface area (Å²) in [6.45, 7) is 8.16. The van der Waals surface area contributed by atoms with Crippen molar-refractivity contribution < 1.29 is 8.42 Å². The van der Waals surface area contributed by atoms with E-state index in [0.29, 0.717) is 23.9 Å².